The minimum absolute atomic E-state index is 0.0240. The van der Waals surface area contributed by atoms with E-state index in [0.717, 1.165) is 5.56 Å². The van der Waals surface area contributed by atoms with Crippen LogP contribution in [0.4, 0.5) is 5.69 Å². The first kappa shape index (κ1) is 15.0. The second kappa shape index (κ2) is 6.37. The Morgan fingerprint density at radius 2 is 1.95 bits per heavy atom. The van der Waals surface area contributed by atoms with Gasteiger partial charge in [0.25, 0.3) is 5.69 Å². The number of aliphatic hydroxyl groups excluding tert-OH is 1. The number of para-hydroxylation sites is 1. The van der Waals surface area contributed by atoms with Gasteiger partial charge in [-0.05, 0) is 31.0 Å². The lowest BCUT2D eigenvalue weighted by Crippen LogP contribution is -1.99. The van der Waals surface area contributed by atoms with Gasteiger partial charge in [-0.15, -0.1) is 0 Å². The van der Waals surface area contributed by atoms with Crippen LogP contribution >= 0.6 is 0 Å². The summed E-state index contributed by atoms with van der Waals surface area (Å²) in [6, 6.07) is 11.6. The van der Waals surface area contributed by atoms with Crippen LogP contribution in [-0.2, 0) is 0 Å². The maximum atomic E-state index is 10.8. The Bertz CT molecular complexity index is 654. The molecule has 0 aliphatic rings. The van der Waals surface area contributed by atoms with Gasteiger partial charge in [0.05, 0.1) is 17.1 Å². The van der Waals surface area contributed by atoms with Crippen LogP contribution in [0, 0.1) is 17.0 Å². The smallest absolute Gasteiger partial charge is 0.273 e. The Balaban J connectivity index is 2.38. The molecule has 0 heterocycles. The largest absolute Gasteiger partial charge is 0.456 e. The van der Waals surface area contributed by atoms with Crippen LogP contribution in [0.2, 0.25) is 0 Å². The van der Waals surface area contributed by atoms with E-state index in [4.69, 9.17) is 4.74 Å². The Hall–Kier alpha value is -2.40. The first-order valence-electron chi connectivity index (χ1n) is 6.72. The van der Waals surface area contributed by atoms with Crippen LogP contribution in [0.3, 0.4) is 0 Å². The number of ether oxygens (including phenoxy) is 1. The number of aliphatic hydroxyl groups is 1. The molecule has 1 atom stereocenters. The van der Waals surface area contributed by atoms with Crippen molar-refractivity contribution in [3.8, 4) is 11.5 Å². The standard InChI is InChI=1S/C16H17NO4/c1-3-14(18)13-6-4-5-7-15(13)21-16-10-12(17(19)20)9-8-11(16)2/h4-10,14,18H,3H2,1-2H3/t14-/m1/s1. The van der Waals surface area contributed by atoms with Crippen molar-refractivity contribution in [1.29, 1.82) is 0 Å². The molecule has 0 amide bonds. The molecule has 5 nitrogen and oxygen atoms in total. The van der Waals surface area contributed by atoms with Crippen molar-refractivity contribution in [2.45, 2.75) is 26.4 Å². The Morgan fingerprint density at radius 3 is 2.62 bits per heavy atom. The van der Waals surface area contributed by atoms with Crippen LogP contribution in [0.25, 0.3) is 0 Å². The van der Waals surface area contributed by atoms with Crippen LogP contribution in [0.1, 0.15) is 30.6 Å². The van der Waals surface area contributed by atoms with Crippen molar-refractivity contribution in [2.24, 2.45) is 0 Å². The fourth-order valence-electron chi connectivity index (χ4n) is 2.00. The maximum absolute atomic E-state index is 10.8. The number of nitrogens with zero attached hydrogens (tertiary/aromatic N) is 1. The van der Waals surface area contributed by atoms with Crippen LogP contribution in [-0.4, -0.2) is 10.0 Å². The molecule has 0 fully saturated rings. The number of benzene rings is 2. The monoisotopic (exact) mass is 287 g/mol. The van der Waals surface area contributed by atoms with Crippen LogP contribution < -0.4 is 4.74 Å². The highest BCUT2D eigenvalue weighted by atomic mass is 16.6. The molecular formula is C16H17NO4. The topological polar surface area (TPSA) is 72.6 Å². The van der Waals surface area contributed by atoms with Crippen molar-refractivity contribution in [1.82, 2.24) is 0 Å². The van der Waals surface area contributed by atoms with E-state index in [1.165, 1.54) is 12.1 Å². The highest BCUT2D eigenvalue weighted by molar-refractivity contribution is 5.47. The molecule has 1 N–H and O–H groups in total. The third kappa shape index (κ3) is 3.38. The minimum Gasteiger partial charge on any atom is -0.456 e. The molecule has 0 aliphatic heterocycles. The highest BCUT2D eigenvalue weighted by Gasteiger charge is 2.15. The van der Waals surface area contributed by atoms with Crippen molar-refractivity contribution < 1.29 is 14.8 Å². The minimum atomic E-state index is -0.625. The second-order valence-electron chi connectivity index (χ2n) is 4.77. The predicted octanol–water partition coefficient (Wildman–Crippen LogP) is 4.14. The summed E-state index contributed by atoms with van der Waals surface area (Å²) >= 11 is 0. The van der Waals surface area contributed by atoms with Gasteiger partial charge in [0.15, 0.2) is 0 Å². The normalized spacial score (nSPS) is 12.0. The molecule has 5 heteroatoms. The summed E-state index contributed by atoms with van der Waals surface area (Å²) in [7, 11) is 0. The number of hydrogen-bond acceptors (Lipinski definition) is 4. The molecule has 0 radical (unpaired) electrons. The fraction of sp³-hybridized carbons (Fsp3) is 0.250. The summed E-state index contributed by atoms with van der Waals surface area (Å²) in [6.07, 6.45) is -0.0610. The lowest BCUT2D eigenvalue weighted by atomic mass is 10.1. The number of rotatable bonds is 5. The molecule has 0 aromatic heterocycles. The summed E-state index contributed by atoms with van der Waals surface area (Å²) in [5.41, 5.74) is 1.44. The van der Waals surface area contributed by atoms with E-state index < -0.39 is 11.0 Å². The SMILES string of the molecule is CC[C@@H](O)c1ccccc1Oc1cc([N+](=O)[O-])ccc1C. The van der Waals surface area contributed by atoms with Crippen LogP contribution in [0.5, 0.6) is 11.5 Å². The lowest BCUT2D eigenvalue weighted by molar-refractivity contribution is -0.384. The molecule has 2 aromatic rings. The highest BCUT2D eigenvalue weighted by Crippen LogP contribution is 2.33. The van der Waals surface area contributed by atoms with Gasteiger partial charge in [-0.2, -0.15) is 0 Å². The fourth-order valence-corrected chi connectivity index (χ4v) is 2.00. The molecule has 0 bridgehead atoms. The van der Waals surface area contributed by atoms with E-state index in [-0.39, 0.29) is 5.69 Å². The van der Waals surface area contributed by atoms with Gasteiger partial charge in [-0.25, -0.2) is 0 Å². The first-order chi connectivity index (χ1) is 10.0. The molecule has 0 saturated heterocycles. The molecule has 21 heavy (non-hydrogen) atoms. The van der Waals surface area contributed by atoms with Gasteiger partial charge in [-0.1, -0.05) is 25.1 Å². The van der Waals surface area contributed by atoms with Crippen molar-refractivity contribution in [3.05, 3.63) is 63.7 Å². The summed E-state index contributed by atoms with van der Waals surface area (Å²) < 4.78 is 5.79. The van der Waals surface area contributed by atoms with Gasteiger partial charge >= 0.3 is 0 Å². The van der Waals surface area contributed by atoms with Crippen molar-refractivity contribution in [2.75, 3.05) is 0 Å². The third-order valence-electron chi connectivity index (χ3n) is 3.27. The number of aryl methyl sites for hydroxylation is 1. The molecule has 0 unspecified atom stereocenters. The van der Waals surface area contributed by atoms with Gasteiger partial charge < -0.3 is 9.84 Å². The molecular weight excluding hydrogens is 270 g/mol. The molecule has 0 aliphatic carbocycles. The van der Waals surface area contributed by atoms with Gasteiger partial charge in [-0.3, -0.25) is 10.1 Å². The van der Waals surface area contributed by atoms with E-state index in [9.17, 15) is 15.2 Å². The summed E-state index contributed by atoms with van der Waals surface area (Å²) in [5.74, 6) is 0.926. The van der Waals surface area contributed by atoms with E-state index >= 15 is 0 Å². The lowest BCUT2D eigenvalue weighted by Gasteiger charge is -2.15. The predicted molar refractivity (Wildman–Crippen MR) is 79.6 cm³/mol. The number of nitro groups is 1. The average Bonchev–Trinajstić information content (AvgIpc) is 2.49. The Kier molecular flexibility index (Phi) is 4.55. The third-order valence-corrected chi connectivity index (χ3v) is 3.27. The molecule has 2 aromatic carbocycles. The summed E-state index contributed by atoms with van der Waals surface area (Å²) in [5, 5.41) is 20.9. The Morgan fingerprint density at radius 1 is 1.24 bits per heavy atom. The average molecular weight is 287 g/mol. The zero-order valence-corrected chi connectivity index (χ0v) is 11.9. The molecule has 0 saturated carbocycles. The van der Waals surface area contributed by atoms with Crippen molar-refractivity contribution in [3.63, 3.8) is 0 Å². The number of nitro benzene ring substituents is 1. The maximum Gasteiger partial charge on any atom is 0.273 e. The van der Waals surface area contributed by atoms with Crippen molar-refractivity contribution >= 4 is 5.69 Å². The van der Waals surface area contributed by atoms with Gasteiger partial charge in [0, 0.05) is 11.6 Å². The van der Waals surface area contributed by atoms with E-state index in [2.05, 4.69) is 0 Å². The summed E-state index contributed by atoms with van der Waals surface area (Å²) in [4.78, 5) is 10.4. The second-order valence-corrected chi connectivity index (χ2v) is 4.77. The number of hydrogen-bond donors (Lipinski definition) is 1. The summed E-state index contributed by atoms with van der Waals surface area (Å²) in [6.45, 7) is 3.69. The quantitative estimate of drug-likeness (QED) is 0.662. The van der Waals surface area contributed by atoms with Crippen LogP contribution in [0.15, 0.2) is 42.5 Å². The van der Waals surface area contributed by atoms with E-state index in [1.807, 2.05) is 19.9 Å². The van der Waals surface area contributed by atoms with Gasteiger partial charge in [0.1, 0.15) is 11.5 Å². The van der Waals surface area contributed by atoms with E-state index in [0.29, 0.717) is 23.5 Å². The zero-order chi connectivity index (χ0) is 15.4. The Labute approximate surface area is 123 Å². The van der Waals surface area contributed by atoms with E-state index in [1.54, 1.807) is 24.3 Å². The first-order valence-corrected chi connectivity index (χ1v) is 6.72. The molecule has 2 rings (SSSR count). The molecule has 0 spiro atoms. The number of non-ortho nitro benzene ring substituents is 1. The van der Waals surface area contributed by atoms with Gasteiger partial charge in [0.2, 0.25) is 0 Å². The zero-order valence-electron chi connectivity index (χ0n) is 11.9. The molecule has 110 valence electrons.